The van der Waals surface area contributed by atoms with Crippen LogP contribution in [0.2, 0.25) is 0 Å². The molecule has 0 aliphatic carbocycles. The quantitative estimate of drug-likeness (QED) is 0.151. The van der Waals surface area contributed by atoms with Crippen LogP contribution in [0.15, 0.2) is 134 Å². The molecule has 4 aromatic carbocycles. The average molecular weight is 661 g/mol. The minimum Gasteiger partial charge on any atom is -0.457 e. The minimum atomic E-state index is -2.36. The molecule has 244 valence electrons. The lowest BCUT2D eigenvalue weighted by Gasteiger charge is -2.12. The molecule has 0 aliphatic rings. The average Bonchev–Trinajstić information content (AvgIpc) is 3.44. The van der Waals surface area contributed by atoms with Crippen molar-refractivity contribution in [3.63, 3.8) is 0 Å². The lowest BCUT2D eigenvalue weighted by molar-refractivity contribution is 0.448. The smallest absolute Gasteiger partial charge is 0.235 e. The first-order valence-corrected chi connectivity index (χ1v) is 15.9. The Balaban J connectivity index is 1.20. The van der Waals surface area contributed by atoms with Crippen LogP contribution >= 0.6 is 0 Å². The van der Waals surface area contributed by atoms with E-state index in [1.165, 1.54) is 0 Å². The van der Waals surface area contributed by atoms with E-state index >= 15 is 0 Å². The van der Waals surface area contributed by atoms with Crippen molar-refractivity contribution in [2.75, 3.05) is 0 Å². The molecular weight excluding hydrogens is 626 g/mol. The van der Waals surface area contributed by atoms with Gasteiger partial charge in [0, 0.05) is 75.1 Å². The Hall–Kier alpha value is -6.74. The van der Waals surface area contributed by atoms with Gasteiger partial charge in [0.05, 0.1) is 11.0 Å². The number of fused-ring (bicyclic) bond motifs is 3. The van der Waals surface area contributed by atoms with Crippen molar-refractivity contribution in [2.24, 2.45) is 0 Å². The van der Waals surface area contributed by atoms with E-state index in [0.717, 1.165) is 21.8 Å². The molecule has 0 radical (unpaired) electrons. The van der Waals surface area contributed by atoms with Gasteiger partial charge in [0.15, 0.2) is 0 Å². The molecule has 0 bridgehead atoms. The third kappa shape index (κ3) is 6.27. The second-order valence-corrected chi connectivity index (χ2v) is 11.5. The largest absolute Gasteiger partial charge is 0.457 e. The van der Waals surface area contributed by atoms with Crippen LogP contribution in [0.1, 0.15) is 21.1 Å². The van der Waals surface area contributed by atoms with Gasteiger partial charge in [0.25, 0.3) is 0 Å². The van der Waals surface area contributed by atoms with Crippen LogP contribution in [0.5, 0.6) is 46.3 Å². The maximum atomic E-state index is 8.08. The molecule has 0 N–H and O–H groups in total. The van der Waals surface area contributed by atoms with Crippen molar-refractivity contribution in [1.82, 2.24) is 24.5 Å². The van der Waals surface area contributed by atoms with Crippen LogP contribution in [0, 0.1) is 20.7 Å². The van der Waals surface area contributed by atoms with Gasteiger partial charge in [-0.15, -0.1) is 0 Å². The third-order valence-corrected chi connectivity index (χ3v) is 7.97. The third-order valence-electron chi connectivity index (χ3n) is 7.97. The molecule has 9 heteroatoms. The predicted octanol–water partition coefficient (Wildman–Crippen LogP) is 10.5. The van der Waals surface area contributed by atoms with E-state index in [9.17, 15) is 0 Å². The number of aromatic nitrogens is 5. The van der Waals surface area contributed by atoms with Gasteiger partial charge in [-0.2, -0.15) is 0 Å². The molecule has 4 heterocycles. The summed E-state index contributed by atoms with van der Waals surface area (Å²) in [6.07, 6.45) is 3.33. The molecular formula is C41H31N5O4. The summed E-state index contributed by atoms with van der Waals surface area (Å²) >= 11 is 0. The van der Waals surface area contributed by atoms with Gasteiger partial charge in [0.2, 0.25) is 17.7 Å². The van der Waals surface area contributed by atoms with E-state index in [1.54, 1.807) is 50.5 Å². The fourth-order valence-electron chi connectivity index (χ4n) is 5.65. The fourth-order valence-corrected chi connectivity index (χ4v) is 5.65. The highest BCUT2D eigenvalue weighted by Crippen LogP contribution is 2.38. The van der Waals surface area contributed by atoms with Gasteiger partial charge in [-0.1, -0.05) is 24.3 Å². The second-order valence-electron chi connectivity index (χ2n) is 11.5. The molecule has 0 fully saturated rings. The highest BCUT2D eigenvalue weighted by atomic mass is 16.5. The van der Waals surface area contributed by atoms with E-state index in [2.05, 4.69) is 9.97 Å². The maximum Gasteiger partial charge on any atom is 0.235 e. The van der Waals surface area contributed by atoms with E-state index in [-0.39, 0.29) is 5.56 Å². The minimum absolute atomic E-state index is 0.135. The Kier molecular flexibility index (Phi) is 7.11. The van der Waals surface area contributed by atoms with Crippen LogP contribution < -0.4 is 18.9 Å². The summed E-state index contributed by atoms with van der Waals surface area (Å²) in [5.41, 5.74) is 2.38. The molecule has 8 rings (SSSR count). The van der Waals surface area contributed by atoms with Gasteiger partial charge in [0.1, 0.15) is 34.5 Å². The van der Waals surface area contributed by atoms with Crippen molar-refractivity contribution in [2.45, 2.75) is 20.7 Å². The molecule has 9 nitrogen and oxygen atoms in total. The molecule has 4 aromatic heterocycles. The highest BCUT2D eigenvalue weighted by Gasteiger charge is 2.18. The van der Waals surface area contributed by atoms with Crippen molar-refractivity contribution in [1.29, 1.82) is 0 Å². The maximum absolute atomic E-state index is 8.08. The lowest BCUT2D eigenvalue weighted by Crippen LogP contribution is -2.06. The van der Waals surface area contributed by atoms with Crippen LogP contribution in [0.4, 0.5) is 0 Å². The van der Waals surface area contributed by atoms with Crippen molar-refractivity contribution < 1.29 is 23.1 Å². The zero-order valence-corrected chi connectivity index (χ0v) is 27.1. The number of benzene rings is 4. The Morgan fingerprint density at radius 2 is 0.960 bits per heavy atom. The summed E-state index contributed by atoms with van der Waals surface area (Å²) in [7, 11) is 0. The number of pyridine rings is 2. The van der Waals surface area contributed by atoms with E-state index in [1.807, 2.05) is 102 Å². The Morgan fingerprint density at radius 1 is 0.500 bits per heavy atom. The molecule has 0 amide bonds. The van der Waals surface area contributed by atoms with Crippen molar-refractivity contribution in [3.05, 3.63) is 151 Å². The van der Waals surface area contributed by atoms with Gasteiger partial charge in [-0.25, -0.2) is 19.9 Å². The number of hydrogen-bond donors (Lipinski definition) is 0. The summed E-state index contributed by atoms with van der Waals surface area (Å²) in [6, 6.07) is 37.1. The zero-order chi connectivity index (χ0) is 36.5. The Morgan fingerprint density at radius 3 is 1.40 bits per heavy atom. The topological polar surface area (TPSA) is 93.4 Å². The number of aryl methyl sites for hydroxylation is 2. The first-order chi connectivity index (χ1) is 25.7. The lowest BCUT2D eigenvalue weighted by atomic mass is 10.1. The van der Waals surface area contributed by atoms with Gasteiger partial charge in [-0.3, -0.25) is 4.57 Å². The van der Waals surface area contributed by atoms with E-state index in [0.29, 0.717) is 63.6 Å². The molecule has 0 spiro atoms. The van der Waals surface area contributed by atoms with Gasteiger partial charge in [-0.05, 0) is 86.9 Å². The molecule has 0 unspecified atom stereocenters. The van der Waals surface area contributed by atoms with Gasteiger partial charge >= 0.3 is 0 Å². The number of ether oxygens (including phenoxy) is 4. The number of rotatable bonds is 9. The van der Waals surface area contributed by atoms with E-state index < -0.39 is 6.85 Å². The number of hydrogen-bond acceptors (Lipinski definition) is 8. The van der Waals surface area contributed by atoms with Crippen LogP contribution in [0.3, 0.4) is 0 Å². The van der Waals surface area contributed by atoms with Crippen LogP contribution in [-0.4, -0.2) is 24.5 Å². The summed E-state index contributed by atoms with van der Waals surface area (Å²) in [6.45, 7) is 1.02. The Labute approximate surface area is 292 Å². The zero-order valence-electron chi connectivity index (χ0n) is 30.1. The van der Waals surface area contributed by atoms with Gasteiger partial charge < -0.3 is 18.9 Å². The summed E-state index contributed by atoms with van der Waals surface area (Å²) in [5.74, 6) is 4.66. The highest BCUT2D eigenvalue weighted by molar-refractivity contribution is 6.09. The monoisotopic (exact) mass is 660 g/mol. The summed E-state index contributed by atoms with van der Waals surface area (Å²) in [4.78, 5) is 17.9. The molecule has 0 atom stereocenters. The predicted molar refractivity (Wildman–Crippen MR) is 192 cm³/mol. The van der Waals surface area contributed by atoms with Crippen molar-refractivity contribution in [3.8, 4) is 52.2 Å². The molecule has 0 saturated carbocycles. The van der Waals surface area contributed by atoms with Crippen LogP contribution in [-0.2, 0) is 0 Å². The first kappa shape index (κ1) is 27.2. The second kappa shape index (κ2) is 13.0. The van der Waals surface area contributed by atoms with Crippen molar-refractivity contribution >= 4 is 21.8 Å². The molecule has 8 aromatic rings. The molecule has 0 saturated heterocycles. The SMILES string of the molecule is [2H]C([2H])([2H])c1c(C)nc(-n2c3cc(Oc4cccc(Oc5ccccn5)c4)ccc3c3ccc(Oc4cccc(Oc5ccccn5)c4)cc32)nc1C. The summed E-state index contributed by atoms with van der Waals surface area (Å²) < 4.78 is 50.7. The molecule has 0 aliphatic heterocycles. The Bertz CT molecular complexity index is 2430. The normalized spacial score (nSPS) is 12.2. The molecule has 50 heavy (non-hydrogen) atoms. The van der Waals surface area contributed by atoms with Crippen LogP contribution in [0.25, 0.3) is 27.8 Å². The number of nitrogens with zero attached hydrogens (tertiary/aromatic N) is 5. The summed E-state index contributed by atoms with van der Waals surface area (Å²) in [5, 5.41) is 1.83. The fraction of sp³-hybridized carbons (Fsp3) is 0.0732. The van der Waals surface area contributed by atoms with E-state index in [4.69, 9.17) is 33.0 Å². The first-order valence-electron chi connectivity index (χ1n) is 17.4. The standard InChI is InChI=1S/C41H31N5O4/c1-26-27(2)44-41(45-28(26)3)46-37-24-33(47-29-10-8-12-31(22-29)49-39-14-4-6-20-42-39)16-18-35(37)36-19-17-34(25-38(36)46)48-30-11-9-13-32(23-30)50-40-15-5-7-21-43-40/h4-25H,1-3H3/i1D3.